The smallest absolute Gasteiger partial charge is 0.251 e. The van der Waals surface area contributed by atoms with Crippen LogP contribution in [0.5, 0.6) is 17.2 Å². The van der Waals surface area contributed by atoms with Gasteiger partial charge in [0.15, 0.2) is 11.5 Å². The van der Waals surface area contributed by atoms with Crippen molar-refractivity contribution in [1.82, 2.24) is 5.32 Å². The number of ether oxygens (including phenoxy) is 3. The topological polar surface area (TPSA) is 56.8 Å². The van der Waals surface area contributed by atoms with Crippen molar-refractivity contribution in [2.45, 2.75) is 11.0 Å². The minimum atomic E-state index is -0.214. The van der Waals surface area contributed by atoms with E-state index in [9.17, 15) is 4.79 Å². The lowest BCUT2D eigenvalue weighted by Gasteiger charge is -2.26. The number of nitrogens with one attached hydrogen (secondary N) is 1. The van der Waals surface area contributed by atoms with Crippen molar-refractivity contribution in [3.8, 4) is 17.2 Å². The minimum Gasteiger partial charge on any atom is -0.493 e. The fourth-order valence-electron chi connectivity index (χ4n) is 3.01. The van der Waals surface area contributed by atoms with Crippen LogP contribution in [0.15, 0.2) is 83.8 Å². The molecule has 4 rings (SSSR count). The fraction of sp³-hybridized carbons (Fsp3) is 0.208. The van der Waals surface area contributed by atoms with Crippen molar-refractivity contribution in [3.05, 3.63) is 84.4 Å². The number of carbonyl (C=O) groups is 1. The molecular formula is C24H23NO4S. The van der Waals surface area contributed by atoms with Gasteiger partial charge in [-0.2, -0.15) is 0 Å². The van der Waals surface area contributed by atoms with E-state index in [0.29, 0.717) is 31.1 Å². The van der Waals surface area contributed by atoms with Gasteiger partial charge >= 0.3 is 0 Å². The Morgan fingerprint density at radius 2 is 1.70 bits per heavy atom. The Bertz CT molecular complexity index is 962. The van der Waals surface area contributed by atoms with Crippen LogP contribution in [-0.2, 0) is 0 Å². The number of rotatable bonds is 8. The third kappa shape index (κ3) is 5.48. The molecule has 3 aromatic rings. The minimum absolute atomic E-state index is 0.149. The fourth-order valence-corrected chi connectivity index (χ4v) is 3.76. The van der Waals surface area contributed by atoms with E-state index in [-0.39, 0.29) is 12.0 Å². The molecule has 1 heterocycles. The second-order valence-electron chi connectivity index (χ2n) is 6.74. The van der Waals surface area contributed by atoms with Gasteiger partial charge in [-0.15, -0.1) is 11.8 Å². The zero-order chi connectivity index (χ0) is 20.6. The van der Waals surface area contributed by atoms with Gasteiger partial charge in [-0.3, -0.25) is 4.79 Å². The van der Waals surface area contributed by atoms with Gasteiger partial charge in [0, 0.05) is 16.2 Å². The summed E-state index contributed by atoms with van der Waals surface area (Å²) in [6.07, 6.45) is -0.214. The monoisotopic (exact) mass is 421 g/mol. The summed E-state index contributed by atoms with van der Waals surface area (Å²) < 4.78 is 17.3. The summed E-state index contributed by atoms with van der Waals surface area (Å²) in [7, 11) is 0. The molecule has 0 saturated carbocycles. The number of benzene rings is 3. The van der Waals surface area contributed by atoms with E-state index in [2.05, 4.69) is 17.4 Å². The van der Waals surface area contributed by atoms with E-state index >= 15 is 0 Å². The normalized spacial score (nSPS) is 14.7. The Morgan fingerprint density at radius 1 is 0.967 bits per heavy atom. The van der Waals surface area contributed by atoms with Crippen LogP contribution in [0, 0.1) is 0 Å². The Morgan fingerprint density at radius 3 is 2.50 bits per heavy atom. The molecule has 30 heavy (non-hydrogen) atoms. The molecule has 0 spiro atoms. The van der Waals surface area contributed by atoms with Gasteiger partial charge in [0.2, 0.25) is 0 Å². The molecule has 0 saturated heterocycles. The summed E-state index contributed by atoms with van der Waals surface area (Å²) in [5, 5.41) is 2.90. The molecule has 1 aliphatic heterocycles. The number of thioether (sulfide) groups is 1. The Balaban J connectivity index is 1.19. The Hall–Kier alpha value is -3.12. The van der Waals surface area contributed by atoms with Gasteiger partial charge in [0.25, 0.3) is 5.91 Å². The third-order valence-corrected chi connectivity index (χ3v) is 5.51. The van der Waals surface area contributed by atoms with Crippen molar-refractivity contribution in [2.75, 3.05) is 25.5 Å². The number of hydrogen-bond donors (Lipinski definition) is 1. The number of fused-ring (bicyclic) bond motifs is 1. The zero-order valence-electron chi connectivity index (χ0n) is 16.5. The largest absolute Gasteiger partial charge is 0.493 e. The zero-order valence-corrected chi connectivity index (χ0v) is 17.3. The quantitative estimate of drug-likeness (QED) is 0.431. The number of hydrogen-bond acceptors (Lipinski definition) is 5. The van der Waals surface area contributed by atoms with Crippen molar-refractivity contribution in [2.24, 2.45) is 0 Å². The van der Waals surface area contributed by atoms with Crippen LogP contribution in [0.25, 0.3) is 0 Å². The Labute approximate surface area is 180 Å². The molecule has 1 aliphatic rings. The lowest BCUT2D eigenvalue weighted by Crippen LogP contribution is -2.40. The lowest BCUT2D eigenvalue weighted by molar-refractivity contribution is 0.0789. The SMILES string of the molecule is O=C(NCC1COc2ccccc2O1)c1ccc(OCCSc2ccccc2)cc1. The van der Waals surface area contributed by atoms with Crippen LogP contribution in [0.2, 0.25) is 0 Å². The van der Waals surface area contributed by atoms with Crippen molar-refractivity contribution >= 4 is 17.7 Å². The van der Waals surface area contributed by atoms with Crippen LogP contribution in [0.1, 0.15) is 10.4 Å². The predicted octanol–water partition coefficient (Wildman–Crippen LogP) is 4.43. The third-order valence-electron chi connectivity index (χ3n) is 4.54. The van der Waals surface area contributed by atoms with Gasteiger partial charge in [0.1, 0.15) is 18.5 Å². The van der Waals surface area contributed by atoms with E-state index in [1.807, 2.05) is 54.6 Å². The van der Waals surface area contributed by atoms with Crippen LogP contribution in [-0.4, -0.2) is 37.5 Å². The average Bonchev–Trinajstić information content (AvgIpc) is 2.81. The van der Waals surface area contributed by atoms with Gasteiger partial charge in [-0.25, -0.2) is 0 Å². The molecule has 0 aromatic heterocycles. The van der Waals surface area contributed by atoms with E-state index in [4.69, 9.17) is 14.2 Å². The maximum Gasteiger partial charge on any atom is 0.251 e. The summed E-state index contributed by atoms with van der Waals surface area (Å²) in [6.45, 7) is 1.39. The number of para-hydroxylation sites is 2. The molecule has 3 aromatic carbocycles. The summed E-state index contributed by atoms with van der Waals surface area (Å²) >= 11 is 1.75. The van der Waals surface area contributed by atoms with Crippen LogP contribution < -0.4 is 19.5 Å². The molecule has 5 nitrogen and oxygen atoms in total. The molecule has 6 heteroatoms. The first-order valence-electron chi connectivity index (χ1n) is 9.85. The molecule has 1 atom stereocenters. The summed E-state index contributed by atoms with van der Waals surface area (Å²) in [5.41, 5.74) is 0.582. The second kappa shape index (κ2) is 10.1. The molecule has 0 aliphatic carbocycles. The van der Waals surface area contributed by atoms with E-state index in [1.54, 1.807) is 23.9 Å². The van der Waals surface area contributed by atoms with Gasteiger partial charge in [-0.1, -0.05) is 30.3 Å². The highest BCUT2D eigenvalue weighted by atomic mass is 32.2. The maximum absolute atomic E-state index is 12.4. The molecule has 1 N–H and O–H groups in total. The summed E-state index contributed by atoms with van der Waals surface area (Å²) in [4.78, 5) is 13.6. The van der Waals surface area contributed by atoms with Crippen molar-refractivity contribution in [3.63, 3.8) is 0 Å². The highest BCUT2D eigenvalue weighted by molar-refractivity contribution is 7.99. The molecule has 1 unspecified atom stereocenters. The van der Waals surface area contributed by atoms with Crippen molar-refractivity contribution < 1.29 is 19.0 Å². The van der Waals surface area contributed by atoms with Crippen LogP contribution in [0.3, 0.4) is 0 Å². The van der Waals surface area contributed by atoms with Crippen LogP contribution in [0.4, 0.5) is 0 Å². The molecular weight excluding hydrogens is 398 g/mol. The van der Waals surface area contributed by atoms with Crippen LogP contribution >= 0.6 is 11.8 Å². The van der Waals surface area contributed by atoms with Gasteiger partial charge < -0.3 is 19.5 Å². The maximum atomic E-state index is 12.4. The summed E-state index contributed by atoms with van der Waals surface area (Å²) in [6, 6.07) is 24.9. The summed E-state index contributed by atoms with van der Waals surface area (Å²) in [5.74, 6) is 2.90. The number of carbonyl (C=O) groups excluding carboxylic acids is 1. The predicted molar refractivity (Wildman–Crippen MR) is 118 cm³/mol. The second-order valence-corrected chi connectivity index (χ2v) is 7.91. The first-order valence-corrected chi connectivity index (χ1v) is 10.8. The van der Waals surface area contributed by atoms with Gasteiger partial charge in [0.05, 0.1) is 13.2 Å². The highest BCUT2D eigenvalue weighted by Crippen LogP contribution is 2.30. The molecule has 0 fully saturated rings. The molecule has 1 amide bonds. The van der Waals surface area contributed by atoms with E-state index in [0.717, 1.165) is 17.3 Å². The standard InChI is InChI=1S/C24H23NO4S/c26-24(25-16-20-17-28-22-8-4-5-9-23(22)29-20)18-10-12-19(13-11-18)27-14-15-30-21-6-2-1-3-7-21/h1-13,20H,14-17H2,(H,25,26). The van der Waals surface area contributed by atoms with Gasteiger partial charge in [-0.05, 0) is 48.5 Å². The van der Waals surface area contributed by atoms with E-state index in [1.165, 1.54) is 4.90 Å². The molecule has 154 valence electrons. The molecule has 0 bridgehead atoms. The first kappa shape index (κ1) is 20.2. The van der Waals surface area contributed by atoms with E-state index < -0.39 is 0 Å². The first-order chi connectivity index (χ1) is 14.8. The molecule has 0 radical (unpaired) electrons. The lowest BCUT2D eigenvalue weighted by atomic mass is 10.2. The van der Waals surface area contributed by atoms with Crippen molar-refractivity contribution in [1.29, 1.82) is 0 Å². The number of amides is 1. The highest BCUT2D eigenvalue weighted by Gasteiger charge is 2.21. The Kier molecular flexibility index (Phi) is 6.77. The average molecular weight is 422 g/mol.